The molecule has 0 aliphatic carbocycles. The predicted molar refractivity (Wildman–Crippen MR) is 102 cm³/mol. The molecule has 0 fully saturated rings. The van der Waals surface area contributed by atoms with Crippen molar-refractivity contribution in [2.45, 2.75) is 13.8 Å². The van der Waals surface area contributed by atoms with Gasteiger partial charge in [0.1, 0.15) is 0 Å². The van der Waals surface area contributed by atoms with Gasteiger partial charge >= 0.3 is 0 Å². The van der Waals surface area contributed by atoms with Crippen LogP contribution in [-0.2, 0) is 14.8 Å². The van der Waals surface area contributed by atoms with Crippen LogP contribution in [0.15, 0.2) is 42.5 Å². The maximum absolute atomic E-state index is 12.3. The zero-order chi connectivity index (χ0) is 19.3. The maximum Gasteiger partial charge on any atom is 0.253 e. The zero-order valence-corrected chi connectivity index (χ0v) is 15.6. The summed E-state index contributed by atoms with van der Waals surface area (Å²) in [5, 5.41) is 5.27. The van der Waals surface area contributed by atoms with E-state index in [1.807, 2.05) is 32.0 Å². The second kappa shape index (κ2) is 8.01. The van der Waals surface area contributed by atoms with Gasteiger partial charge in [-0.2, -0.15) is 0 Å². The number of para-hydroxylation sites is 2. The van der Waals surface area contributed by atoms with E-state index in [-0.39, 0.29) is 23.7 Å². The lowest BCUT2D eigenvalue weighted by atomic mass is 10.1. The molecule has 3 N–H and O–H groups in total. The lowest BCUT2D eigenvalue weighted by molar-refractivity contribution is -0.115. The monoisotopic (exact) mass is 375 g/mol. The fourth-order valence-electron chi connectivity index (χ4n) is 2.42. The summed E-state index contributed by atoms with van der Waals surface area (Å²) in [5.41, 5.74) is 2.85. The fourth-order valence-corrected chi connectivity index (χ4v) is 3.00. The van der Waals surface area contributed by atoms with Gasteiger partial charge in [-0.1, -0.05) is 30.3 Å². The molecule has 26 heavy (non-hydrogen) atoms. The van der Waals surface area contributed by atoms with Gasteiger partial charge in [0, 0.05) is 5.69 Å². The van der Waals surface area contributed by atoms with Crippen LogP contribution >= 0.6 is 0 Å². The Labute approximate surface area is 152 Å². The van der Waals surface area contributed by atoms with Gasteiger partial charge in [0.05, 0.1) is 24.1 Å². The number of nitrogens with one attached hydrogen (secondary N) is 3. The standard InChI is InChI=1S/C18H21N3O4S/c1-12-7-6-8-13(2)17(12)20-16(22)11-19-18(23)14-9-4-5-10-15(14)21-26(3,24)25/h4-10,21H,11H2,1-3H3,(H,19,23)(H,20,22). The number of amides is 2. The highest BCUT2D eigenvalue weighted by Gasteiger charge is 2.15. The van der Waals surface area contributed by atoms with Crippen molar-refractivity contribution in [3.8, 4) is 0 Å². The Morgan fingerprint density at radius 2 is 1.58 bits per heavy atom. The number of hydrogen-bond donors (Lipinski definition) is 3. The number of anilines is 2. The van der Waals surface area contributed by atoms with Crippen molar-refractivity contribution in [2.24, 2.45) is 0 Å². The van der Waals surface area contributed by atoms with Crippen LogP contribution in [-0.4, -0.2) is 33.0 Å². The van der Waals surface area contributed by atoms with E-state index < -0.39 is 15.9 Å². The smallest absolute Gasteiger partial charge is 0.253 e. The first kappa shape index (κ1) is 19.5. The summed E-state index contributed by atoms with van der Waals surface area (Å²) in [6.07, 6.45) is 1.000. The van der Waals surface area contributed by atoms with E-state index in [2.05, 4.69) is 15.4 Å². The minimum atomic E-state index is -3.52. The predicted octanol–water partition coefficient (Wildman–Crippen LogP) is 2.04. The minimum absolute atomic E-state index is 0.137. The quantitative estimate of drug-likeness (QED) is 0.719. The highest BCUT2D eigenvalue weighted by molar-refractivity contribution is 7.92. The molecule has 8 heteroatoms. The highest BCUT2D eigenvalue weighted by atomic mass is 32.2. The molecule has 0 aliphatic rings. The number of carbonyl (C=O) groups excluding carboxylic acids is 2. The molecule has 0 unspecified atom stereocenters. The molecule has 138 valence electrons. The van der Waals surface area contributed by atoms with E-state index in [1.54, 1.807) is 12.1 Å². The van der Waals surface area contributed by atoms with Crippen LogP contribution in [0.2, 0.25) is 0 Å². The van der Waals surface area contributed by atoms with Crippen molar-refractivity contribution in [1.29, 1.82) is 0 Å². The first-order chi connectivity index (χ1) is 12.2. The van der Waals surface area contributed by atoms with Gasteiger partial charge in [0.25, 0.3) is 5.91 Å². The third-order valence-electron chi connectivity index (χ3n) is 3.62. The maximum atomic E-state index is 12.3. The minimum Gasteiger partial charge on any atom is -0.343 e. The van der Waals surface area contributed by atoms with E-state index >= 15 is 0 Å². The number of rotatable bonds is 6. The molecule has 0 aliphatic heterocycles. The highest BCUT2D eigenvalue weighted by Crippen LogP contribution is 2.19. The topological polar surface area (TPSA) is 104 Å². The molecule has 2 amide bonds. The number of hydrogen-bond acceptors (Lipinski definition) is 4. The lowest BCUT2D eigenvalue weighted by Crippen LogP contribution is -2.33. The van der Waals surface area contributed by atoms with Crippen molar-refractivity contribution in [1.82, 2.24) is 5.32 Å². The Balaban J connectivity index is 2.04. The summed E-state index contributed by atoms with van der Waals surface area (Å²) in [5.74, 6) is -0.919. The summed E-state index contributed by atoms with van der Waals surface area (Å²) in [7, 11) is -3.52. The van der Waals surface area contributed by atoms with E-state index in [9.17, 15) is 18.0 Å². The Morgan fingerprint density at radius 1 is 0.962 bits per heavy atom. The number of benzene rings is 2. The summed E-state index contributed by atoms with van der Waals surface area (Å²) in [6, 6.07) is 11.8. The second-order valence-corrected chi connectivity index (χ2v) is 7.67. The lowest BCUT2D eigenvalue weighted by Gasteiger charge is -2.13. The van der Waals surface area contributed by atoms with Crippen molar-refractivity contribution >= 4 is 33.2 Å². The molecule has 7 nitrogen and oxygen atoms in total. The van der Waals surface area contributed by atoms with Crippen LogP contribution in [0, 0.1) is 13.8 Å². The summed E-state index contributed by atoms with van der Waals surface area (Å²) < 4.78 is 25.1. The molecule has 0 radical (unpaired) electrons. The molecule has 0 aromatic heterocycles. The van der Waals surface area contributed by atoms with Crippen LogP contribution in [0.1, 0.15) is 21.5 Å². The van der Waals surface area contributed by atoms with Gasteiger partial charge in [-0.3, -0.25) is 14.3 Å². The molecule has 0 bridgehead atoms. The van der Waals surface area contributed by atoms with Crippen LogP contribution < -0.4 is 15.4 Å². The molecule has 0 atom stereocenters. The van der Waals surface area contributed by atoms with Gasteiger partial charge in [-0.15, -0.1) is 0 Å². The summed E-state index contributed by atoms with van der Waals surface area (Å²) >= 11 is 0. The molecular formula is C18H21N3O4S. The van der Waals surface area contributed by atoms with Crippen molar-refractivity contribution in [3.05, 3.63) is 59.2 Å². The first-order valence-electron chi connectivity index (χ1n) is 7.88. The van der Waals surface area contributed by atoms with Gasteiger partial charge in [0.2, 0.25) is 15.9 Å². The molecule has 0 spiro atoms. The fraction of sp³-hybridized carbons (Fsp3) is 0.222. The summed E-state index contributed by atoms with van der Waals surface area (Å²) in [4.78, 5) is 24.4. The molecule has 0 heterocycles. The number of carbonyl (C=O) groups is 2. The summed E-state index contributed by atoms with van der Waals surface area (Å²) in [6.45, 7) is 3.53. The van der Waals surface area contributed by atoms with Crippen molar-refractivity contribution in [2.75, 3.05) is 22.8 Å². The van der Waals surface area contributed by atoms with Crippen LogP contribution in [0.3, 0.4) is 0 Å². The average molecular weight is 375 g/mol. The largest absolute Gasteiger partial charge is 0.343 e. The van der Waals surface area contributed by atoms with Gasteiger partial charge in [-0.25, -0.2) is 8.42 Å². The van der Waals surface area contributed by atoms with Gasteiger partial charge in [0.15, 0.2) is 0 Å². The van der Waals surface area contributed by atoms with Crippen molar-refractivity contribution in [3.63, 3.8) is 0 Å². The Hall–Kier alpha value is -2.87. The van der Waals surface area contributed by atoms with Crippen LogP contribution in [0.5, 0.6) is 0 Å². The van der Waals surface area contributed by atoms with E-state index in [1.165, 1.54) is 12.1 Å². The second-order valence-electron chi connectivity index (χ2n) is 5.92. The molecular weight excluding hydrogens is 354 g/mol. The van der Waals surface area contributed by atoms with E-state index in [0.29, 0.717) is 5.69 Å². The van der Waals surface area contributed by atoms with E-state index in [4.69, 9.17) is 0 Å². The molecule has 0 saturated heterocycles. The zero-order valence-electron chi connectivity index (χ0n) is 14.8. The Kier molecular flexibility index (Phi) is 5.99. The van der Waals surface area contributed by atoms with Crippen LogP contribution in [0.4, 0.5) is 11.4 Å². The Bertz CT molecular complexity index is 919. The SMILES string of the molecule is Cc1cccc(C)c1NC(=O)CNC(=O)c1ccccc1NS(C)(=O)=O. The van der Waals surface area contributed by atoms with E-state index in [0.717, 1.165) is 17.4 Å². The molecule has 2 aromatic carbocycles. The average Bonchev–Trinajstić information content (AvgIpc) is 2.55. The van der Waals surface area contributed by atoms with Gasteiger partial charge in [-0.05, 0) is 37.1 Å². The number of aryl methyl sites for hydroxylation is 2. The first-order valence-corrected chi connectivity index (χ1v) is 9.77. The molecule has 2 aromatic rings. The Morgan fingerprint density at radius 3 is 2.19 bits per heavy atom. The third kappa shape index (κ3) is 5.32. The van der Waals surface area contributed by atoms with Gasteiger partial charge < -0.3 is 10.6 Å². The normalized spacial score (nSPS) is 10.9. The van der Waals surface area contributed by atoms with Crippen molar-refractivity contribution < 1.29 is 18.0 Å². The van der Waals surface area contributed by atoms with Crippen LogP contribution in [0.25, 0.3) is 0 Å². The molecule has 2 rings (SSSR count). The number of sulfonamides is 1. The molecule has 0 saturated carbocycles. The third-order valence-corrected chi connectivity index (χ3v) is 4.21.